The number of rotatable bonds is 1. The van der Waals surface area contributed by atoms with Crippen LogP contribution in [0.5, 0.6) is 0 Å². The Hall–Kier alpha value is -0.580. The van der Waals surface area contributed by atoms with Crippen LogP contribution >= 0.6 is 0 Å². The lowest BCUT2D eigenvalue weighted by Crippen LogP contribution is -2.42. The Morgan fingerprint density at radius 2 is 2.27 bits per heavy atom. The summed E-state index contributed by atoms with van der Waals surface area (Å²) in [5, 5.41) is 0. The Balaban J connectivity index is 2.70. The normalized spacial score (nSPS) is 29.5. The molecule has 1 atom stereocenters. The second-order valence-electron chi connectivity index (χ2n) is 2.68. The minimum Gasteiger partial charge on any atom is -0.274 e. The van der Waals surface area contributed by atoms with Crippen LogP contribution in [0, 0.1) is 5.92 Å². The molecule has 1 heterocycles. The summed E-state index contributed by atoms with van der Waals surface area (Å²) in [7, 11) is -3.27. The van der Waals surface area contributed by atoms with E-state index in [1.165, 1.54) is 0 Å². The lowest BCUT2D eigenvalue weighted by molar-refractivity contribution is -0.123. The minimum atomic E-state index is -3.27. The van der Waals surface area contributed by atoms with Crippen LogP contribution in [0.2, 0.25) is 0 Å². The van der Waals surface area contributed by atoms with Crippen molar-refractivity contribution < 1.29 is 13.2 Å². The van der Waals surface area contributed by atoms with Gasteiger partial charge in [0, 0.05) is 5.92 Å². The SMILES string of the molecule is CCC1CCS(=O)(=O)NC1=O. The van der Waals surface area contributed by atoms with Crippen LogP contribution in [0.4, 0.5) is 0 Å². The first-order valence-corrected chi connectivity index (χ1v) is 5.24. The zero-order chi connectivity index (χ0) is 8.48. The number of sulfonamides is 1. The predicted molar refractivity (Wildman–Crippen MR) is 40.3 cm³/mol. The maximum atomic E-state index is 11.0. The van der Waals surface area contributed by atoms with E-state index in [1.807, 2.05) is 11.6 Å². The van der Waals surface area contributed by atoms with E-state index in [-0.39, 0.29) is 17.6 Å². The van der Waals surface area contributed by atoms with Crippen molar-refractivity contribution in [3.05, 3.63) is 0 Å². The Morgan fingerprint density at radius 1 is 1.64 bits per heavy atom. The highest BCUT2D eigenvalue weighted by molar-refractivity contribution is 7.90. The molecule has 0 saturated carbocycles. The van der Waals surface area contributed by atoms with E-state index < -0.39 is 10.0 Å². The van der Waals surface area contributed by atoms with Gasteiger partial charge < -0.3 is 0 Å². The van der Waals surface area contributed by atoms with Crippen LogP contribution in [0.1, 0.15) is 19.8 Å². The Labute approximate surface area is 66.0 Å². The number of hydrogen-bond acceptors (Lipinski definition) is 3. The fourth-order valence-corrected chi connectivity index (χ4v) is 2.28. The molecule has 0 aliphatic carbocycles. The zero-order valence-corrected chi connectivity index (χ0v) is 7.15. The van der Waals surface area contributed by atoms with Gasteiger partial charge in [0.2, 0.25) is 15.9 Å². The molecule has 1 aliphatic rings. The third-order valence-corrected chi connectivity index (χ3v) is 3.14. The summed E-state index contributed by atoms with van der Waals surface area (Å²) in [6.07, 6.45) is 1.17. The average molecular weight is 177 g/mol. The van der Waals surface area contributed by atoms with Gasteiger partial charge in [0.25, 0.3) is 0 Å². The highest BCUT2D eigenvalue weighted by Gasteiger charge is 2.28. The van der Waals surface area contributed by atoms with Crippen molar-refractivity contribution in [2.24, 2.45) is 5.92 Å². The number of hydrogen-bond donors (Lipinski definition) is 1. The standard InChI is InChI=1S/C6H11NO3S/c1-2-5-3-4-11(9,10)7-6(5)8/h5H,2-4H2,1H3,(H,7,8). The molecule has 1 rings (SSSR count). The fourth-order valence-electron chi connectivity index (χ4n) is 1.11. The van der Waals surface area contributed by atoms with Crippen molar-refractivity contribution in [1.29, 1.82) is 0 Å². The Kier molecular flexibility index (Phi) is 2.17. The molecule has 0 spiro atoms. The van der Waals surface area contributed by atoms with E-state index in [4.69, 9.17) is 0 Å². The first-order valence-electron chi connectivity index (χ1n) is 3.59. The molecule has 0 radical (unpaired) electrons. The maximum absolute atomic E-state index is 11.0. The van der Waals surface area contributed by atoms with Crippen molar-refractivity contribution in [2.75, 3.05) is 5.75 Å². The van der Waals surface area contributed by atoms with Gasteiger partial charge in [-0.3, -0.25) is 9.52 Å². The topological polar surface area (TPSA) is 63.2 Å². The summed E-state index contributed by atoms with van der Waals surface area (Å²) in [6, 6.07) is 0. The van der Waals surface area contributed by atoms with Gasteiger partial charge in [-0.15, -0.1) is 0 Å². The maximum Gasteiger partial charge on any atom is 0.236 e. The number of carbonyl (C=O) groups excluding carboxylic acids is 1. The summed E-state index contributed by atoms with van der Waals surface area (Å²) in [6.45, 7) is 1.88. The second kappa shape index (κ2) is 2.81. The van der Waals surface area contributed by atoms with Gasteiger partial charge in [-0.05, 0) is 12.8 Å². The molecule has 1 N–H and O–H groups in total. The molecule has 0 aromatic carbocycles. The average Bonchev–Trinajstić information content (AvgIpc) is 1.86. The molecule has 1 aliphatic heterocycles. The highest BCUT2D eigenvalue weighted by Crippen LogP contribution is 2.14. The number of nitrogens with one attached hydrogen (secondary N) is 1. The van der Waals surface area contributed by atoms with E-state index in [9.17, 15) is 13.2 Å². The first-order chi connectivity index (χ1) is 5.05. The first kappa shape index (κ1) is 8.52. The lowest BCUT2D eigenvalue weighted by Gasteiger charge is -2.19. The van der Waals surface area contributed by atoms with Crippen LogP contribution in [0.25, 0.3) is 0 Å². The molecule has 1 fully saturated rings. The van der Waals surface area contributed by atoms with Gasteiger partial charge in [0.1, 0.15) is 0 Å². The van der Waals surface area contributed by atoms with Crippen molar-refractivity contribution in [1.82, 2.24) is 4.72 Å². The van der Waals surface area contributed by atoms with Gasteiger partial charge in [-0.1, -0.05) is 6.92 Å². The molecule has 5 heteroatoms. The summed E-state index contributed by atoms with van der Waals surface area (Å²) < 4.78 is 23.6. The van der Waals surface area contributed by atoms with Gasteiger partial charge >= 0.3 is 0 Å². The molecule has 11 heavy (non-hydrogen) atoms. The lowest BCUT2D eigenvalue weighted by atomic mass is 10.0. The molecule has 0 aromatic rings. The Bertz CT molecular complexity index is 257. The van der Waals surface area contributed by atoms with E-state index in [1.54, 1.807) is 0 Å². The van der Waals surface area contributed by atoms with Crippen molar-refractivity contribution in [3.8, 4) is 0 Å². The fraction of sp³-hybridized carbons (Fsp3) is 0.833. The van der Waals surface area contributed by atoms with Crippen molar-refractivity contribution in [2.45, 2.75) is 19.8 Å². The quantitative estimate of drug-likeness (QED) is 0.606. The number of amides is 1. The summed E-state index contributed by atoms with van der Waals surface area (Å²) in [5.41, 5.74) is 0. The predicted octanol–water partition coefficient (Wildman–Crippen LogP) is -0.138. The van der Waals surface area contributed by atoms with Crippen LogP contribution in [0.3, 0.4) is 0 Å². The van der Waals surface area contributed by atoms with Crippen molar-refractivity contribution in [3.63, 3.8) is 0 Å². The van der Waals surface area contributed by atoms with Crippen LogP contribution in [-0.2, 0) is 14.8 Å². The number of carbonyl (C=O) groups is 1. The molecule has 64 valence electrons. The smallest absolute Gasteiger partial charge is 0.236 e. The van der Waals surface area contributed by atoms with Gasteiger partial charge in [0.05, 0.1) is 5.75 Å². The van der Waals surface area contributed by atoms with Crippen molar-refractivity contribution >= 4 is 15.9 Å². The molecule has 4 nitrogen and oxygen atoms in total. The molecule has 1 saturated heterocycles. The van der Waals surface area contributed by atoms with Crippen LogP contribution in [0.15, 0.2) is 0 Å². The molecule has 0 aromatic heterocycles. The Morgan fingerprint density at radius 3 is 2.73 bits per heavy atom. The van der Waals surface area contributed by atoms with Gasteiger partial charge in [-0.2, -0.15) is 0 Å². The summed E-state index contributed by atoms with van der Waals surface area (Å²) >= 11 is 0. The van der Waals surface area contributed by atoms with Gasteiger partial charge in [0.15, 0.2) is 0 Å². The third-order valence-electron chi connectivity index (χ3n) is 1.85. The minimum absolute atomic E-state index is 0.0806. The largest absolute Gasteiger partial charge is 0.274 e. The third kappa shape index (κ3) is 1.92. The molecular weight excluding hydrogens is 166 g/mol. The summed E-state index contributed by atoms with van der Waals surface area (Å²) in [5.74, 6) is -0.380. The second-order valence-corrected chi connectivity index (χ2v) is 4.52. The molecule has 0 bridgehead atoms. The molecular formula is C6H11NO3S. The van der Waals surface area contributed by atoms with Gasteiger partial charge in [-0.25, -0.2) is 8.42 Å². The van der Waals surface area contributed by atoms with E-state index in [0.717, 1.165) is 0 Å². The molecule has 1 amide bonds. The van der Waals surface area contributed by atoms with E-state index in [0.29, 0.717) is 12.8 Å². The van der Waals surface area contributed by atoms with Crippen LogP contribution < -0.4 is 4.72 Å². The monoisotopic (exact) mass is 177 g/mol. The van der Waals surface area contributed by atoms with E-state index >= 15 is 0 Å². The zero-order valence-electron chi connectivity index (χ0n) is 6.33. The van der Waals surface area contributed by atoms with E-state index in [2.05, 4.69) is 0 Å². The molecule has 1 unspecified atom stereocenters. The summed E-state index contributed by atoms with van der Waals surface area (Å²) in [4.78, 5) is 11.0. The highest BCUT2D eigenvalue weighted by atomic mass is 32.2. The van der Waals surface area contributed by atoms with Crippen LogP contribution in [-0.4, -0.2) is 20.1 Å².